The van der Waals surface area contributed by atoms with Crippen LogP contribution < -0.4 is 4.74 Å². The second-order valence-electron chi connectivity index (χ2n) is 11.4. The molecule has 4 nitrogen and oxygen atoms in total. The fourth-order valence-electron chi connectivity index (χ4n) is 7.43. The van der Waals surface area contributed by atoms with E-state index in [1.807, 2.05) is 6.07 Å². The number of fused-ring (bicyclic) bond motifs is 3. The molecule has 0 spiro atoms. The first-order valence-electron chi connectivity index (χ1n) is 14.3. The summed E-state index contributed by atoms with van der Waals surface area (Å²) >= 11 is 0. The summed E-state index contributed by atoms with van der Waals surface area (Å²) in [5, 5.41) is 11.7. The average Bonchev–Trinajstić information content (AvgIpc) is 2.89. The predicted octanol–water partition coefficient (Wildman–Crippen LogP) is 7.83. The quantitative estimate of drug-likeness (QED) is 0.405. The Morgan fingerprint density at radius 3 is 2.39 bits per heavy atom. The minimum absolute atomic E-state index is 0.187. The summed E-state index contributed by atoms with van der Waals surface area (Å²) in [6, 6.07) is 11.5. The highest BCUT2D eigenvalue weighted by Gasteiger charge is 2.43. The van der Waals surface area contributed by atoms with E-state index in [1.54, 1.807) is 0 Å². The summed E-state index contributed by atoms with van der Waals surface area (Å²) in [6.45, 7) is 3.96. The maximum absolute atomic E-state index is 14.3. The van der Waals surface area contributed by atoms with Gasteiger partial charge in [0, 0.05) is 23.7 Å². The lowest BCUT2D eigenvalue weighted by molar-refractivity contribution is -0.147. The number of rotatable bonds is 8. The molecule has 2 heterocycles. The largest absolute Gasteiger partial charge is 0.490 e. The zero-order valence-electron chi connectivity index (χ0n) is 21.9. The second kappa shape index (κ2) is 11.1. The van der Waals surface area contributed by atoms with Gasteiger partial charge in [0.25, 0.3) is 0 Å². The van der Waals surface area contributed by atoms with Crippen molar-refractivity contribution in [1.29, 1.82) is 0 Å². The molecule has 2 saturated heterocycles. The molecule has 3 aliphatic rings. The maximum Gasteiger partial charge on any atom is 0.306 e. The number of halogens is 1. The number of alkyl halides is 1. The molecule has 5 rings (SSSR count). The molecule has 5 heteroatoms. The molecule has 3 atom stereocenters. The van der Waals surface area contributed by atoms with Gasteiger partial charge in [-0.1, -0.05) is 44.9 Å². The van der Waals surface area contributed by atoms with Crippen LogP contribution >= 0.6 is 0 Å². The summed E-state index contributed by atoms with van der Waals surface area (Å²) in [5.74, 6) is 0.658. The van der Waals surface area contributed by atoms with E-state index in [0.717, 1.165) is 61.6 Å². The van der Waals surface area contributed by atoms with Gasteiger partial charge in [0.1, 0.15) is 12.4 Å². The lowest BCUT2D eigenvalue weighted by atomic mass is 9.76. The zero-order valence-corrected chi connectivity index (χ0v) is 21.9. The van der Waals surface area contributed by atoms with Gasteiger partial charge in [-0.05, 0) is 92.2 Å². The Kier molecular flexibility index (Phi) is 7.85. The van der Waals surface area contributed by atoms with Crippen LogP contribution in [0.2, 0.25) is 0 Å². The standard InChI is InChI=1S/C31H42FNO3/c1-3-20-8-12-26(13-9-20)36-30-15-11-21-16-22(10-14-27(21)28(30)19-32)29(4-2)33-24-6-5-7-25(33)18-23(17-24)31(34)35/h10-11,14-16,20,23-26,29H,3-9,12-13,17-19H2,1-2H3,(H,34,35)/t20-,23?,24?,25?,26+,29?. The molecule has 1 N–H and O–H groups in total. The van der Waals surface area contributed by atoms with Gasteiger partial charge in [0.15, 0.2) is 0 Å². The number of hydrogen-bond donors (Lipinski definition) is 1. The van der Waals surface area contributed by atoms with Crippen LogP contribution in [0, 0.1) is 11.8 Å². The number of benzene rings is 2. The topological polar surface area (TPSA) is 49.8 Å². The molecule has 196 valence electrons. The number of piperidine rings is 2. The van der Waals surface area contributed by atoms with Crippen molar-refractivity contribution in [3.63, 3.8) is 0 Å². The molecule has 3 fully saturated rings. The molecule has 2 aromatic carbocycles. The molecule has 3 unspecified atom stereocenters. The Hall–Kier alpha value is -2.14. The maximum atomic E-state index is 14.3. The lowest BCUT2D eigenvalue weighted by Gasteiger charge is -2.51. The van der Waals surface area contributed by atoms with Crippen molar-refractivity contribution in [3.05, 3.63) is 41.5 Å². The third-order valence-electron chi connectivity index (χ3n) is 9.42. The van der Waals surface area contributed by atoms with E-state index in [1.165, 1.54) is 31.2 Å². The van der Waals surface area contributed by atoms with Crippen LogP contribution in [0.3, 0.4) is 0 Å². The summed E-state index contributed by atoms with van der Waals surface area (Å²) in [4.78, 5) is 14.4. The van der Waals surface area contributed by atoms with Gasteiger partial charge in [-0.15, -0.1) is 0 Å². The summed E-state index contributed by atoms with van der Waals surface area (Å²) in [7, 11) is 0. The second-order valence-corrected chi connectivity index (χ2v) is 11.4. The van der Waals surface area contributed by atoms with Crippen LogP contribution in [0.1, 0.15) is 102 Å². The molecule has 0 amide bonds. The number of carboxylic acids is 1. The Balaban J connectivity index is 1.39. The van der Waals surface area contributed by atoms with E-state index >= 15 is 0 Å². The highest BCUT2D eigenvalue weighted by Crippen LogP contribution is 2.44. The molecule has 0 aromatic heterocycles. The summed E-state index contributed by atoms with van der Waals surface area (Å²) in [5.41, 5.74) is 1.93. The van der Waals surface area contributed by atoms with E-state index in [4.69, 9.17) is 4.74 Å². The first kappa shape index (κ1) is 25.5. The first-order valence-corrected chi connectivity index (χ1v) is 14.3. The van der Waals surface area contributed by atoms with Gasteiger partial charge in [-0.3, -0.25) is 9.69 Å². The number of nitrogens with zero attached hydrogens (tertiary/aromatic N) is 1. The van der Waals surface area contributed by atoms with Crippen LogP contribution in [0.5, 0.6) is 5.75 Å². The van der Waals surface area contributed by atoms with Crippen LogP contribution in [0.25, 0.3) is 10.8 Å². The fraction of sp³-hybridized carbons (Fsp3) is 0.645. The van der Waals surface area contributed by atoms with Gasteiger partial charge in [0.2, 0.25) is 0 Å². The molecule has 1 saturated carbocycles. The SMILES string of the molecule is CCC(c1ccc2c(CF)c(O[C@H]3CC[C@@H](CC)CC3)ccc2c1)N1C2CCCC1CC(C(=O)O)C2. The monoisotopic (exact) mass is 495 g/mol. The molecule has 2 aliphatic heterocycles. The van der Waals surface area contributed by atoms with Crippen LogP contribution in [0.15, 0.2) is 30.3 Å². The normalized spacial score (nSPS) is 29.7. The number of ether oxygens (including phenoxy) is 1. The minimum Gasteiger partial charge on any atom is -0.490 e. The van der Waals surface area contributed by atoms with E-state index in [-0.39, 0.29) is 18.1 Å². The Morgan fingerprint density at radius 2 is 1.78 bits per heavy atom. The van der Waals surface area contributed by atoms with Crippen molar-refractivity contribution >= 4 is 16.7 Å². The molecule has 2 aromatic rings. The van der Waals surface area contributed by atoms with E-state index < -0.39 is 12.6 Å². The van der Waals surface area contributed by atoms with Gasteiger partial charge < -0.3 is 9.84 Å². The van der Waals surface area contributed by atoms with Gasteiger partial charge in [-0.2, -0.15) is 0 Å². The first-order chi connectivity index (χ1) is 17.5. The number of carboxylic acid groups (broad SMARTS) is 1. The zero-order chi connectivity index (χ0) is 25.2. The Morgan fingerprint density at radius 1 is 1.06 bits per heavy atom. The van der Waals surface area contributed by atoms with Crippen LogP contribution in [-0.4, -0.2) is 34.2 Å². The van der Waals surface area contributed by atoms with E-state index in [9.17, 15) is 14.3 Å². The van der Waals surface area contributed by atoms with Crippen LogP contribution in [-0.2, 0) is 11.5 Å². The van der Waals surface area contributed by atoms with E-state index in [0.29, 0.717) is 23.4 Å². The third kappa shape index (κ3) is 5.01. The molecular weight excluding hydrogens is 453 g/mol. The lowest BCUT2D eigenvalue weighted by Crippen LogP contribution is -2.54. The number of hydrogen-bond acceptors (Lipinski definition) is 3. The van der Waals surface area contributed by atoms with Gasteiger partial charge in [0.05, 0.1) is 12.0 Å². The molecule has 1 aliphatic carbocycles. The van der Waals surface area contributed by atoms with Crippen molar-refractivity contribution in [2.24, 2.45) is 11.8 Å². The van der Waals surface area contributed by atoms with Crippen LogP contribution in [0.4, 0.5) is 4.39 Å². The minimum atomic E-state index is -0.638. The van der Waals surface area contributed by atoms with Crippen molar-refractivity contribution < 1.29 is 19.0 Å². The summed E-state index contributed by atoms with van der Waals surface area (Å²) in [6.07, 6.45) is 11.8. The Labute approximate surface area is 215 Å². The van der Waals surface area contributed by atoms with Crippen molar-refractivity contribution in [2.45, 2.75) is 115 Å². The molecule has 0 radical (unpaired) electrons. The summed E-state index contributed by atoms with van der Waals surface area (Å²) < 4.78 is 20.7. The Bertz CT molecular complexity index is 1050. The van der Waals surface area contributed by atoms with E-state index in [2.05, 4.69) is 43.0 Å². The molecule has 2 bridgehead atoms. The van der Waals surface area contributed by atoms with Gasteiger partial charge >= 0.3 is 5.97 Å². The fourth-order valence-corrected chi connectivity index (χ4v) is 7.43. The van der Waals surface area contributed by atoms with Crippen molar-refractivity contribution in [3.8, 4) is 5.75 Å². The molecule has 36 heavy (non-hydrogen) atoms. The highest BCUT2D eigenvalue weighted by molar-refractivity contribution is 5.88. The van der Waals surface area contributed by atoms with Crippen molar-refractivity contribution in [2.75, 3.05) is 0 Å². The number of aliphatic carboxylic acids is 1. The van der Waals surface area contributed by atoms with Gasteiger partial charge in [-0.25, -0.2) is 4.39 Å². The number of carbonyl (C=O) groups is 1. The molecular formula is C31H42FNO3. The van der Waals surface area contributed by atoms with Crippen molar-refractivity contribution in [1.82, 2.24) is 4.90 Å². The smallest absolute Gasteiger partial charge is 0.306 e. The third-order valence-corrected chi connectivity index (χ3v) is 9.42. The predicted molar refractivity (Wildman–Crippen MR) is 142 cm³/mol. The highest BCUT2D eigenvalue weighted by atomic mass is 19.1. The average molecular weight is 496 g/mol.